The molecule has 0 unspecified atom stereocenters. The number of rotatable bonds is 4. The Morgan fingerprint density at radius 1 is 1.26 bits per heavy atom. The molecule has 0 bridgehead atoms. The van der Waals surface area contributed by atoms with Crippen LogP contribution in [-0.4, -0.2) is 18.8 Å². The smallest absolute Gasteiger partial charge is 0.0711 e. The van der Waals surface area contributed by atoms with Gasteiger partial charge in [-0.2, -0.15) is 5.10 Å². The Morgan fingerprint density at radius 3 is 2.42 bits per heavy atom. The molecule has 0 radical (unpaired) electrons. The summed E-state index contributed by atoms with van der Waals surface area (Å²) in [6, 6.07) is 8.69. The van der Waals surface area contributed by atoms with E-state index in [1.807, 2.05) is 0 Å². The van der Waals surface area contributed by atoms with E-state index in [1.165, 1.54) is 11.3 Å². The maximum atomic E-state index is 4.43. The average molecular weight is 257 g/mol. The third-order valence-electron chi connectivity index (χ3n) is 3.65. The van der Waals surface area contributed by atoms with E-state index in [-0.39, 0.29) is 0 Å². The quantitative estimate of drug-likeness (QED) is 0.895. The maximum absolute atomic E-state index is 4.43. The molecule has 0 aliphatic carbocycles. The van der Waals surface area contributed by atoms with Crippen molar-refractivity contribution in [3.63, 3.8) is 0 Å². The lowest BCUT2D eigenvalue weighted by Crippen LogP contribution is -2.25. The molecule has 2 rings (SSSR count). The normalized spacial score (nSPS) is 18.8. The first-order valence-corrected chi connectivity index (χ1v) is 7.02. The van der Waals surface area contributed by atoms with Gasteiger partial charge in [-0.1, -0.05) is 25.6 Å². The van der Waals surface area contributed by atoms with Crippen LogP contribution in [0.1, 0.15) is 32.8 Å². The Kier molecular flexibility index (Phi) is 4.25. The summed E-state index contributed by atoms with van der Waals surface area (Å²) in [5.41, 5.74) is 7.59. The lowest BCUT2D eigenvalue weighted by molar-refractivity contribution is 0.653. The van der Waals surface area contributed by atoms with Crippen LogP contribution >= 0.6 is 0 Å². The number of hydrazone groups is 1. The predicted molar refractivity (Wildman–Crippen MR) is 82.6 cm³/mol. The summed E-state index contributed by atoms with van der Waals surface area (Å²) < 4.78 is 0. The molecule has 3 nitrogen and oxygen atoms in total. The van der Waals surface area contributed by atoms with Crippen molar-refractivity contribution in [3.05, 3.63) is 42.1 Å². The van der Waals surface area contributed by atoms with Gasteiger partial charge in [-0.25, -0.2) is 0 Å². The maximum Gasteiger partial charge on any atom is 0.0711 e. The molecular formula is C16H23N3. The van der Waals surface area contributed by atoms with E-state index in [0.717, 1.165) is 30.9 Å². The third kappa shape index (κ3) is 2.98. The highest BCUT2D eigenvalue weighted by molar-refractivity contribution is 6.02. The molecule has 0 aromatic heterocycles. The highest BCUT2D eigenvalue weighted by Gasteiger charge is 2.18. The molecule has 1 aromatic rings. The minimum atomic E-state index is 0.424. The topological polar surface area (TPSA) is 27.6 Å². The Hall–Kier alpha value is -1.77. The monoisotopic (exact) mass is 257 g/mol. The van der Waals surface area contributed by atoms with Crippen molar-refractivity contribution in [2.45, 2.75) is 27.2 Å². The number of hydrogen-bond acceptors (Lipinski definition) is 3. The van der Waals surface area contributed by atoms with Crippen molar-refractivity contribution in [2.24, 2.45) is 11.0 Å². The minimum absolute atomic E-state index is 0.424. The second-order valence-corrected chi connectivity index (χ2v) is 5.04. The van der Waals surface area contributed by atoms with Crippen molar-refractivity contribution in [1.82, 2.24) is 5.43 Å². The van der Waals surface area contributed by atoms with E-state index in [1.54, 1.807) is 0 Å². The standard InChI is InChI=1S/C16H23N3/c1-5-19(6-2)15-9-7-14(8-10-15)16-12(3)11-13(4)17-18-16/h7-10,12,17H,4-6,11H2,1-3H3/t12-/m1/s1. The highest BCUT2D eigenvalue weighted by Crippen LogP contribution is 2.22. The summed E-state index contributed by atoms with van der Waals surface area (Å²) in [4.78, 5) is 2.34. The molecule has 3 heteroatoms. The minimum Gasteiger partial charge on any atom is -0.372 e. The molecule has 0 fully saturated rings. The second kappa shape index (κ2) is 5.91. The van der Waals surface area contributed by atoms with Gasteiger partial charge >= 0.3 is 0 Å². The highest BCUT2D eigenvalue weighted by atomic mass is 15.3. The molecular weight excluding hydrogens is 234 g/mol. The SMILES string of the molecule is C=C1C[C@@H](C)C(c2ccc(N(CC)CC)cc2)=NN1. The Labute approximate surface area is 116 Å². The van der Waals surface area contributed by atoms with E-state index in [2.05, 4.69) is 67.0 Å². The van der Waals surface area contributed by atoms with Crippen molar-refractivity contribution in [2.75, 3.05) is 18.0 Å². The van der Waals surface area contributed by atoms with E-state index in [4.69, 9.17) is 0 Å². The van der Waals surface area contributed by atoms with Crippen LogP contribution in [0.4, 0.5) is 5.69 Å². The van der Waals surface area contributed by atoms with Gasteiger partial charge in [0, 0.05) is 30.4 Å². The first kappa shape index (κ1) is 13.7. The van der Waals surface area contributed by atoms with Crippen LogP contribution in [0.2, 0.25) is 0 Å². The molecule has 1 N–H and O–H groups in total. The fourth-order valence-electron chi connectivity index (χ4n) is 2.54. The summed E-state index contributed by atoms with van der Waals surface area (Å²) in [5.74, 6) is 0.424. The summed E-state index contributed by atoms with van der Waals surface area (Å²) in [6.07, 6.45) is 0.955. The molecule has 0 saturated heterocycles. The van der Waals surface area contributed by atoms with E-state index in [9.17, 15) is 0 Å². The first-order chi connectivity index (χ1) is 9.15. The third-order valence-corrected chi connectivity index (χ3v) is 3.65. The van der Waals surface area contributed by atoms with Gasteiger partial charge in [-0.15, -0.1) is 0 Å². The van der Waals surface area contributed by atoms with Gasteiger partial charge in [0.2, 0.25) is 0 Å². The number of benzene rings is 1. The van der Waals surface area contributed by atoms with Gasteiger partial charge in [0.25, 0.3) is 0 Å². The fourth-order valence-corrected chi connectivity index (χ4v) is 2.54. The van der Waals surface area contributed by atoms with Crippen LogP contribution in [0.5, 0.6) is 0 Å². The van der Waals surface area contributed by atoms with E-state index < -0.39 is 0 Å². The first-order valence-electron chi connectivity index (χ1n) is 7.02. The Balaban J connectivity index is 2.21. The molecule has 0 spiro atoms. The van der Waals surface area contributed by atoms with Crippen molar-refractivity contribution >= 4 is 11.4 Å². The molecule has 1 aliphatic heterocycles. The van der Waals surface area contributed by atoms with Crippen LogP contribution < -0.4 is 10.3 Å². The van der Waals surface area contributed by atoms with E-state index in [0.29, 0.717) is 5.92 Å². The zero-order chi connectivity index (χ0) is 13.8. The van der Waals surface area contributed by atoms with Crippen molar-refractivity contribution in [3.8, 4) is 0 Å². The lowest BCUT2D eigenvalue weighted by Gasteiger charge is -2.24. The molecule has 1 aliphatic rings. The van der Waals surface area contributed by atoms with E-state index >= 15 is 0 Å². The lowest BCUT2D eigenvalue weighted by atomic mass is 9.93. The van der Waals surface area contributed by atoms with Gasteiger partial charge < -0.3 is 4.90 Å². The van der Waals surface area contributed by atoms with Gasteiger partial charge in [0.15, 0.2) is 0 Å². The van der Waals surface area contributed by atoms with Crippen LogP contribution in [-0.2, 0) is 0 Å². The van der Waals surface area contributed by atoms with Crippen molar-refractivity contribution in [1.29, 1.82) is 0 Å². The Morgan fingerprint density at radius 2 is 1.89 bits per heavy atom. The molecule has 19 heavy (non-hydrogen) atoms. The van der Waals surface area contributed by atoms with Crippen LogP contribution in [0.15, 0.2) is 41.6 Å². The summed E-state index contributed by atoms with van der Waals surface area (Å²) in [5, 5.41) is 4.43. The zero-order valence-electron chi connectivity index (χ0n) is 12.1. The summed E-state index contributed by atoms with van der Waals surface area (Å²) in [7, 11) is 0. The molecule has 1 heterocycles. The van der Waals surface area contributed by atoms with Crippen molar-refractivity contribution < 1.29 is 0 Å². The summed E-state index contributed by atoms with van der Waals surface area (Å²) >= 11 is 0. The van der Waals surface area contributed by atoms with Gasteiger partial charge in [-0.3, -0.25) is 5.43 Å². The molecule has 1 aromatic carbocycles. The fraction of sp³-hybridized carbons (Fsp3) is 0.438. The van der Waals surface area contributed by atoms with Gasteiger partial charge in [-0.05, 0) is 38.0 Å². The largest absolute Gasteiger partial charge is 0.372 e. The van der Waals surface area contributed by atoms with Crippen LogP contribution in [0, 0.1) is 5.92 Å². The second-order valence-electron chi connectivity index (χ2n) is 5.04. The number of hydrogen-bond donors (Lipinski definition) is 1. The number of nitrogens with zero attached hydrogens (tertiary/aromatic N) is 2. The molecule has 102 valence electrons. The zero-order valence-corrected chi connectivity index (χ0v) is 12.1. The number of allylic oxidation sites excluding steroid dienone is 1. The van der Waals surface area contributed by atoms with Crippen LogP contribution in [0.25, 0.3) is 0 Å². The number of nitrogens with one attached hydrogen (secondary N) is 1. The van der Waals surface area contributed by atoms with Crippen LogP contribution in [0.3, 0.4) is 0 Å². The van der Waals surface area contributed by atoms with Gasteiger partial charge in [0.1, 0.15) is 0 Å². The predicted octanol–water partition coefficient (Wildman–Crippen LogP) is 3.38. The number of anilines is 1. The molecule has 0 saturated carbocycles. The van der Waals surface area contributed by atoms with Gasteiger partial charge in [0.05, 0.1) is 5.71 Å². The molecule has 1 atom stereocenters. The molecule has 0 amide bonds. The average Bonchev–Trinajstić information content (AvgIpc) is 2.41. The Bertz CT molecular complexity index is 469. The summed E-state index contributed by atoms with van der Waals surface area (Å²) in [6.45, 7) is 12.6.